The molecule has 0 saturated heterocycles. The van der Waals surface area contributed by atoms with Gasteiger partial charge in [0.25, 0.3) is 11.8 Å². The third-order valence-corrected chi connectivity index (χ3v) is 4.20. The number of benzene rings is 2. The van der Waals surface area contributed by atoms with Crippen LogP contribution in [0.4, 0.5) is 23.2 Å². The number of hydrogen-bond donors (Lipinski definition) is 1. The van der Waals surface area contributed by atoms with Crippen molar-refractivity contribution in [2.24, 2.45) is 0 Å². The molecule has 3 aromatic rings. The summed E-state index contributed by atoms with van der Waals surface area (Å²) in [7, 11) is 3.15. The number of nitrogens with zero attached hydrogens (tertiary/aromatic N) is 4. The van der Waals surface area contributed by atoms with Gasteiger partial charge in [0.1, 0.15) is 11.6 Å². The van der Waals surface area contributed by atoms with Gasteiger partial charge in [-0.05, 0) is 48.5 Å². The number of nitrogens with one attached hydrogen (secondary N) is 1. The molecular formula is C20H17F4N5O3. The van der Waals surface area contributed by atoms with E-state index in [-0.39, 0.29) is 23.9 Å². The Hall–Kier alpha value is -3.96. The van der Waals surface area contributed by atoms with Gasteiger partial charge in [-0.1, -0.05) is 5.21 Å². The van der Waals surface area contributed by atoms with Gasteiger partial charge in [0.05, 0.1) is 5.69 Å². The van der Waals surface area contributed by atoms with E-state index < -0.39 is 29.3 Å². The first-order valence-corrected chi connectivity index (χ1v) is 9.09. The topological polar surface area (TPSA) is 89.3 Å². The number of rotatable bonds is 6. The minimum atomic E-state index is -4.96. The summed E-state index contributed by atoms with van der Waals surface area (Å²) in [6, 6.07) is 9.77. The number of carbonyl (C=O) groups is 2. The minimum absolute atomic E-state index is 0.112. The quantitative estimate of drug-likeness (QED) is 0.582. The number of anilines is 1. The van der Waals surface area contributed by atoms with E-state index >= 15 is 0 Å². The van der Waals surface area contributed by atoms with Gasteiger partial charge >= 0.3 is 6.18 Å². The van der Waals surface area contributed by atoms with E-state index in [2.05, 4.69) is 15.6 Å². The van der Waals surface area contributed by atoms with Crippen molar-refractivity contribution in [1.82, 2.24) is 19.9 Å². The van der Waals surface area contributed by atoms with Crippen molar-refractivity contribution in [1.29, 1.82) is 0 Å². The molecule has 1 aromatic heterocycles. The number of carbonyl (C=O) groups excluding carboxylic acids is 2. The van der Waals surface area contributed by atoms with Gasteiger partial charge in [0, 0.05) is 19.8 Å². The van der Waals surface area contributed by atoms with Crippen LogP contribution in [0, 0.1) is 5.82 Å². The molecule has 0 aliphatic rings. The van der Waals surface area contributed by atoms with Gasteiger partial charge in [-0.3, -0.25) is 9.59 Å². The fourth-order valence-corrected chi connectivity index (χ4v) is 2.55. The number of amides is 2. The second-order valence-corrected chi connectivity index (χ2v) is 6.73. The summed E-state index contributed by atoms with van der Waals surface area (Å²) in [6.45, 7) is -0.194. The molecule has 1 N–H and O–H groups in total. The van der Waals surface area contributed by atoms with Crippen LogP contribution in [-0.4, -0.2) is 52.4 Å². The molecule has 3 rings (SSSR count). The SMILES string of the molecule is CN(C)C(=O)COc1ccc(NC(=O)c2nnn(-c3ccc(F)cc3)c2C(F)(F)F)cc1. The minimum Gasteiger partial charge on any atom is -0.484 e. The second-order valence-electron chi connectivity index (χ2n) is 6.73. The zero-order valence-corrected chi connectivity index (χ0v) is 16.9. The number of halogens is 4. The molecule has 0 radical (unpaired) electrons. The van der Waals surface area contributed by atoms with Crippen LogP contribution in [0.5, 0.6) is 5.75 Å². The first-order chi connectivity index (χ1) is 15.1. The lowest BCUT2D eigenvalue weighted by Crippen LogP contribution is -2.27. The predicted octanol–water partition coefficient (Wildman–Crippen LogP) is 3.14. The number of aromatic nitrogens is 3. The summed E-state index contributed by atoms with van der Waals surface area (Å²) >= 11 is 0. The third kappa shape index (κ3) is 5.20. The van der Waals surface area contributed by atoms with E-state index in [1.807, 2.05) is 0 Å². The van der Waals surface area contributed by atoms with Crippen LogP contribution in [0.25, 0.3) is 5.69 Å². The number of ether oxygens (including phenoxy) is 1. The lowest BCUT2D eigenvalue weighted by Gasteiger charge is -2.12. The van der Waals surface area contributed by atoms with Crippen LogP contribution in [0.1, 0.15) is 16.2 Å². The Kier molecular flexibility index (Phi) is 6.42. The van der Waals surface area contributed by atoms with E-state index in [9.17, 15) is 27.2 Å². The van der Waals surface area contributed by atoms with Crippen molar-refractivity contribution in [3.63, 3.8) is 0 Å². The van der Waals surface area contributed by atoms with Gasteiger partial charge in [0.2, 0.25) is 0 Å². The molecule has 0 atom stereocenters. The lowest BCUT2D eigenvalue weighted by atomic mass is 10.2. The molecule has 12 heteroatoms. The summed E-state index contributed by atoms with van der Waals surface area (Å²) in [5.74, 6) is -1.70. The number of likely N-dealkylation sites (N-methyl/N-ethyl adjacent to an activating group) is 1. The summed E-state index contributed by atoms with van der Waals surface area (Å²) < 4.78 is 59.8. The molecular weight excluding hydrogens is 434 g/mol. The highest BCUT2D eigenvalue weighted by Crippen LogP contribution is 2.33. The monoisotopic (exact) mass is 451 g/mol. The highest BCUT2D eigenvalue weighted by Gasteiger charge is 2.42. The molecule has 2 amide bonds. The fourth-order valence-electron chi connectivity index (χ4n) is 2.55. The Morgan fingerprint density at radius 3 is 2.25 bits per heavy atom. The molecule has 168 valence electrons. The molecule has 1 heterocycles. The average Bonchev–Trinajstić information content (AvgIpc) is 3.19. The van der Waals surface area contributed by atoms with Crippen molar-refractivity contribution < 1.29 is 31.9 Å². The molecule has 2 aromatic carbocycles. The van der Waals surface area contributed by atoms with E-state index in [4.69, 9.17) is 4.74 Å². The highest BCUT2D eigenvalue weighted by atomic mass is 19.4. The van der Waals surface area contributed by atoms with Crippen LogP contribution in [0.3, 0.4) is 0 Å². The first-order valence-electron chi connectivity index (χ1n) is 9.09. The summed E-state index contributed by atoms with van der Waals surface area (Å²) in [5, 5.41) is 9.11. The van der Waals surface area contributed by atoms with Gasteiger partial charge in [-0.25, -0.2) is 9.07 Å². The fraction of sp³-hybridized carbons (Fsp3) is 0.200. The van der Waals surface area contributed by atoms with E-state index in [1.165, 1.54) is 29.2 Å². The summed E-state index contributed by atoms with van der Waals surface area (Å²) in [5.41, 5.74) is -2.28. The summed E-state index contributed by atoms with van der Waals surface area (Å²) in [6.07, 6.45) is -4.96. The highest BCUT2D eigenvalue weighted by molar-refractivity contribution is 6.03. The number of hydrogen-bond acceptors (Lipinski definition) is 5. The zero-order valence-electron chi connectivity index (χ0n) is 16.9. The molecule has 0 fully saturated rings. The molecule has 0 bridgehead atoms. The Labute approximate surface area is 179 Å². The van der Waals surface area contributed by atoms with Gasteiger partial charge in [0.15, 0.2) is 18.0 Å². The molecule has 0 spiro atoms. The Balaban J connectivity index is 1.79. The standard InChI is InChI=1S/C20H17F4N5O3/c1-28(2)16(30)11-32-15-9-5-13(6-10-15)25-19(31)17-18(20(22,23)24)29(27-26-17)14-7-3-12(21)4-8-14/h3-10H,11H2,1-2H3,(H,25,31). The van der Waals surface area contributed by atoms with E-state index in [1.54, 1.807) is 14.1 Å². The van der Waals surface area contributed by atoms with Gasteiger partial charge in [-0.2, -0.15) is 13.2 Å². The Morgan fingerprint density at radius 2 is 1.69 bits per heavy atom. The maximum Gasteiger partial charge on any atom is 0.435 e. The summed E-state index contributed by atoms with van der Waals surface area (Å²) in [4.78, 5) is 25.4. The predicted molar refractivity (Wildman–Crippen MR) is 105 cm³/mol. The van der Waals surface area contributed by atoms with E-state index in [0.717, 1.165) is 24.3 Å². The molecule has 0 unspecified atom stereocenters. The second kappa shape index (κ2) is 9.04. The smallest absolute Gasteiger partial charge is 0.435 e. The van der Waals surface area contributed by atoms with Crippen LogP contribution < -0.4 is 10.1 Å². The van der Waals surface area contributed by atoms with Gasteiger partial charge < -0.3 is 15.0 Å². The molecule has 8 nitrogen and oxygen atoms in total. The van der Waals surface area contributed by atoms with Crippen molar-refractivity contribution >= 4 is 17.5 Å². The largest absolute Gasteiger partial charge is 0.484 e. The lowest BCUT2D eigenvalue weighted by molar-refractivity contribution is -0.143. The van der Waals surface area contributed by atoms with Crippen molar-refractivity contribution in [3.05, 3.63) is 65.7 Å². The Morgan fingerprint density at radius 1 is 1.06 bits per heavy atom. The molecule has 0 saturated carbocycles. The maximum absolute atomic E-state index is 13.7. The normalized spacial score (nSPS) is 11.2. The number of alkyl halides is 3. The van der Waals surface area contributed by atoms with Crippen molar-refractivity contribution in [2.45, 2.75) is 6.18 Å². The molecule has 0 aliphatic heterocycles. The van der Waals surface area contributed by atoms with Crippen LogP contribution in [0.15, 0.2) is 48.5 Å². The van der Waals surface area contributed by atoms with Crippen molar-refractivity contribution in [2.75, 3.05) is 26.0 Å². The molecule has 0 aliphatic carbocycles. The van der Waals surface area contributed by atoms with Crippen LogP contribution in [0.2, 0.25) is 0 Å². The zero-order chi connectivity index (χ0) is 23.5. The average molecular weight is 451 g/mol. The molecule has 32 heavy (non-hydrogen) atoms. The van der Waals surface area contributed by atoms with Crippen LogP contribution >= 0.6 is 0 Å². The third-order valence-electron chi connectivity index (χ3n) is 4.20. The van der Waals surface area contributed by atoms with Crippen LogP contribution in [-0.2, 0) is 11.0 Å². The maximum atomic E-state index is 13.7. The van der Waals surface area contributed by atoms with E-state index in [0.29, 0.717) is 10.4 Å². The Bertz CT molecular complexity index is 1110. The van der Waals surface area contributed by atoms with Crippen molar-refractivity contribution in [3.8, 4) is 11.4 Å². The first kappa shape index (κ1) is 22.7. The van der Waals surface area contributed by atoms with Gasteiger partial charge in [-0.15, -0.1) is 5.10 Å².